The summed E-state index contributed by atoms with van der Waals surface area (Å²) < 4.78 is 0. The number of carbonyl (C=O) groups excluding carboxylic acids is 2. The summed E-state index contributed by atoms with van der Waals surface area (Å²) in [6, 6.07) is -0.399. The maximum Gasteiger partial charge on any atom is 0.311 e. The Labute approximate surface area is 131 Å². The molecule has 6 heteroatoms. The topological polar surface area (TPSA) is 77.9 Å². The fourth-order valence-corrected chi connectivity index (χ4v) is 3.38. The molecule has 2 aliphatic heterocycles. The van der Waals surface area contributed by atoms with E-state index in [2.05, 4.69) is 0 Å². The largest absolute Gasteiger partial charge is 0.481 e. The van der Waals surface area contributed by atoms with Gasteiger partial charge in [-0.3, -0.25) is 14.4 Å². The fourth-order valence-electron chi connectivity index (χ4n) is 3.38. The van der Waals surface area contributed by atoms with Crippen molar-refractivity contribution < 1.29 is 19.5 Å². The quantitative estimate of drug-likeness (QED) is 0.853. The van der Waals surface area contributed by atoms with Crippen molar-refractivity contribution in [2.45, 2.75) is 58.4 Å². The van der Waals surface area contributed by atoms with E-state index in [9.17, 15) is 19.5 Å². The molecule has 0 bridgehead atoms. The van der Waals surface area contributed by atoms with Gasteiger partial charge >= 0.3 is 5.97 Å². The second kappa shape index (κ2) is 6.67. The van der Waals surface area contributed by atoms with Gasteiger partial charge < -0.3 is 14.9 Å². The van der Waals surface area contributed by atoms with Crippen LogP contribution in [0.2, 0.25) is 0 Å². The van der Waals surface area contributed by atoms with Crippen LogP contribution in [0.25, 0.3) is 0 Å². The van der Waals surface area contributed by atoms with E-state index in [1.165, 1.54) is 0 Å². The van der Waals surface area contributed by atoms with E-state index in [-0.39, 0.29) is 18.4 Å². The van der Waals surface area contributed by atoms with Crippen LogP contribution in [0.5, 0.6) is 0 Å². The lowest BCUT2D eigenvalue weighted by molar-refractivity contribution is -0.150. The van der Waals surface area contributed by atoms with Gasteiger partial charge in [0.05, 0.1) is 5.41 Å². The molecule has 2 heterocycles. The van der Waals surface area contributed by atoms with Crippen molar-refractivity contribution in [3.63, 3.8) is 0 Å². The molecule has 6 nitrogen and oxygen atoms in total. The molecule has 2 atom stereocenters. The molecule has 2 unspecified atom stereocenters. The first-order valence-corrected chi connectivity index (χ1v) is 8.20. The maximum absolute atomic E-state index is 12.8. The van der Waals surface area contributed by atoms with Crippen molar-refractivity contribution in [2.75, 3.05) is 19.6 Å². The van der Waals surface area contributed by atoms with Crippen LogP contribution in [0, 0.1) is 5.41 Å². The third kappa shape index (κ3) is 3.25. The molecule has 0 spiro atoms. The molecule has 1 N–H and O–H groups in total. The highest BCUT2D eigenvalue weighted by atomic mass is 16.4. The highest BCUT2D eigenvalue weighted by Gasteiger charge is 2.44. The van der Waals surface area contributed by atoms with E-state index in [0.29, 0.717) is 32.4 Å². The van der Waals surface area contributed by atoms with Crippen molar-refractivity contribution in [3.05, 3.63) is 0 Å². The minimum Gasteiger partial charge on any atom is -0.481 e. The summed E-state index contributed by atoms with van der Waals surface area (Å²) in [5, 5.41) is 9.29. The van der Waals surface area contributed by atoms with E-state index in [1.54, 1.807) is 16.7 Å². The average Bonchev–Trinajstić information content (AvgIpc) is 2.91. The summed E-state index contributed by atoms with van der Waals surface area (Å²) in [5.41, 5.74) is -0.859. The minimum absolute atomic E-state index is 0.0424. The minimum atomic E-state index is -0.859. The Balaban J connectivity index is 2.07. The summed E-state index contributed by atoms with van der Waals surface area (Å²) in [7, 11) is 0. The van der Waals surface area contributed by atoms with E-state index >= 15 is 0 Å². The zero-order valence-electron chi connectivity index (χ0n) is 13.5. The number of carbonyl (C=O) groups is 3. The first kappa shape index (κ1) is 16.8. The molecule has 2 aliphatic rings. The number of likely N-dealkylation sites (tertiary alicyclic amines) is 2. The predicted octanol–water partition coefficient (Wildman–Crippen LogP) is 1.49. The molecule has 0 aromatic heterocycles. The number of amides is 2. The van der Waals surface area contributed by atoms with Crippen molar-refractivity contribution in [3.8, 4) is 0 Å². The number of aliphatic carboxylic acids is 1. The van der Waals surface area contributed by atoms with Crippen LogP contribution in [-0.4, -0.2) is 58.4 Å². The van der Waals surface area contributed by atoms with Gasteiger partial charge in [0.1, 0.15) is 6.04 Å². The van der Waals surface area contributed by atoms with E-state index < -0.39 is 17.4 Å². The van der Waals surface area contributed by atoms with Gasteiger partial charge in [-0.15, -0.1) is 0 Å². The summed E-state index contributed by atoms with van der Waals surface area (Å²) in [6.45, 7) is 4.99. The normalized spacial score (nSPS) is 28.7. The lowest BCUT2D eigenvalue weighted by atomic mass is 9.90. The molecule has 0 radical (unpaired) electrons. The molecular weight excluding hydrogens is 284 g/mol. The van der Waals surface area contributed by atoms with Crippen LogP contribution < -0.4 is 0 Å². The SMILES string of the molecule is CCCC(=O)N1CCCCC1C(=O)N1CCC(C)(C(=O)O)C1. The summed E-state index contributed by atoms with van der Waals surface area (Å²) in [5.74, 6) is -0.889. The lowest BCUT2D eigenvalue weighted by Gasteiger charge is -2.37. The molecular formula is C16H26N2O4. The first-order valence-electron chi connectivity index (χ1n) is 8.20. The molecule has 0 aliphatic carbocycles. The number of carboxylic acid groups (broad SMARTS) is 1. The Morgan fingerprint density at radius 3 is 2.55 bits per heavy atom. The molecule has 0 saturated carbocycles. The lowest BCUT2D eigenvalue weighted by Crippen LogP contribution is -2.53. The highest BCUT2D eigenvalue weighted by Crippen LogP contribution is 2.32. The molecule has 0 aromatic rings. The molecule has 2 saturated heterocycles. The van der Waals surface area contributed by atoms with Crippen molar-refractivity contribution >= 4 is 17.8 Å². The van der Waals surface area contributed by atoms with Crippen LogP contribution in [0.1, 0.15) is 52.4 Å². The highest BCUT2D eigenvalue weighted by molar-refractivity contribution is 5.89. The monoisotopic (exact) mass is 310 g/mol. The van der Waals surface area contributed by atoms with Gasteiger partial charge in [0.25, 0.3) is 0 Å². The van der Waals surface area contributed by atoms with Gasteiger partial charge in [0, 0.05) is 26.1 Å². The zero-order chi connectivity index (χ0) is 16.3. The van der Waals surface area contributed by atoms with Gasteiger partial charge in [-0.05, 0) is 39.0 Å². The summed E-state index contributed by atoms with van der Waals surface area (Å²) in [4.78, 5) is 39.7. The Morgan fingerprint density at radius 2 is 1.95 bits per heavy atom. The van der Waals surface area contributed by atoms with Crippen LogP contribution in [0.15, 0.2) is 0 Å². The number of carboxylic acids is 1. The molecule has 2 rings (SSSR count). The molecule has 0 aromatic carbocycles. The van der Waals surface area contributed by atoms with Crippen molar-refractivity contribution in [1.82, 2.24) is 9.80 Å². The van der Waals surface area contributed by atoms with Gasteiger partial charge in [0.15, 0.2) is 0 Å². The summed E-state index contributed by atoms with van der Waals surface area (Å²) in [6.07, 6.45) is 4.29. The average molecular weight is 310 g/mol. The molecule has 2 fully saturated rings. The van der Waals surface area contributed by atoms with Crippen LogP contribution in [-0.2, 0) is 14.4 Å². The van der Waals surface area contributed by atoms with Crippen molar-refractivity contribution in [1.29, 1.82) is 0 Å². The van der Waals surface area contributed by atoms with Gasteiger partial charge in [-0.2, -0.15) is 0 Å². The Hall–Kier alpha value is -1.59. The van der Waals surface area contributed by atoms with E-state index in [1.807, 2.05) is 6.92 Å². The summed E-state index contributed by atoms with van der Waals surface area (Å²) >= 11 is 0. The number of hydrogen-bond donors (Lipinski definition) is 1. The number of hydrogen-bond acceptors (Lipinski definition) is 3. The molecule has 124 valence electrons. The van der Waals surface area contributed by atoms with Crippen LogP contribution in [0.3, 0.4) is 0 Å². The predicted molar refractivity (Wildman–Crippen MR) is 81.2 cm³/mol. The second-order valence-corrected chi connectivity index (χ2v) is 6.72. The third-order valence-corrected chi connectivity index (χ3v) is 4.87. The number of piperidine rings is 1. The Morgan fingerprint density at radius 1 is 1.23 bits per heavy atom. The number of rotatable bonds is 4. The fraction of sp³-hybridized carbons (Fsp3) is 0.812. The Bertz CT molecular complexity index is 465. The third-order valence-electron chi connectivity index (χ3n) is 4.87. The van der Waals surface area contributed by atoms with Gasteiger partial charge in [-0.25, -0.2) is 0 Å². The van der Waals surface area contributed by atoms with Crippen molar-refractivity contribution in [2.24, 2.45) is 5.41 Å². The van der Waals surface area contributed by atoms with Crippen LogP contribution in [0.4, 0.5) is 0 Å². The first-order chi connectivity index (χ1) is 10.4. The van der Waals surface area contributed by atoms with E-state index in [0.717, 1.165) is 19.3 Å². The van der Waals surface area contributed by atoms with Gasteiger partial charge in [-0.1, -0.05) is 6.92 Å². The second-order valence-electron chi connectivity index (χ2n) is 6.72. The maximum atomic E-state index is 12.8. The Kier molecular flexibility index (Phi) is 5.08. The van der Waals surface area contributed by atoms with Gasteiger partial charge in [0.2, 0.25) is 11.8 Å². The molecule has 22 heavy (non-hydrogen) atoms. The standard InChI is InChI=1S/C16H26N2O4/c1-3-6-13(19)18-9-5-4-7-12(18)14(20)17-10-8-16(2,11-17)15(21)22/h12H,3-11H2,1-2H3,(H,21,22). The number of nitrogens with zero attached hydrogens (tertiary/aromatic N) is 2. The van der Waals surface area contributed by atoms with E-state index in [4.69, 9.17) is 0 Å². The zero-order valence-corrected chi connectivity index (χ0v) is 13.5. The smallest absolute Gasteiger partial charge is 0.311 e. The molecule has 2 amide bonds. The van der Waals surface area contributed by atoms with Crippen LogP contribution >= 0.6 is 0 Å².